The highest BCUT2D eigenvalue weighted by atomic mass is 16.5. The lowest BCUT2D eigenvalue weighted by atomic mass is 10.1. The van der Waals surface area contributed by atoms with Crippen LogP contribution in [0.2, 0.25) is 0 Å². The first-order valence-electron chi connectivity index (χ1n) is 6.83. The molecule has 0 saturated carbocycles. The summed E-state index contributed by atoms with van der Waals surface area (Å²) < 4.78 is 15.4. The SMILES string of the molecule is C=C(CNC(C)c1ccc(OC)c(OC)c1)C(=O)OCC. The Morgan fingerprint density at radius 3 is 2.52 bits per heavy atom. The maximum Gasteiger partial charge on any atom is 0.334 e. The lowest BCUT2D eigenvalue weighted by molar-refractivity contribution is -0.138. The topological polar surface area (TPSA) is 56.8 Å². The molecule has 0 radical (unpaired) electrons. The van der Waals surface area contributed by atoms with E-state index >= 15 is 0 Å². The number of hydrogen-bond donors (Lipinski definition) is 1. The molecule has 21 heavy (non-hydrogen) atoms. The van der Waals surface area contributed by atoms with Gasteiger partial charge < -0.3 is 19.5 Å². The fourth-order valence-corrected chi connectivity index (χ4v) is 1.82. The van der Waals surface area contributed by atoms with Crippen molar-refractivity contribution < 1.29 is 19.0 Å². The molecule has 0 spiro atoms. The van der Waals surface area contributed by atoms with Crippen molar-refractivity contribution in [3.63, 3.8) is 0 Å². The molecule has 0 fully saturated rings. The van der Waals surface area contributed by atoms with E-state index in [9.17, 15) is 4.79 Å². The molecule has 0 aliphatic heterocycles. The summed E-state index contributed by atoms with van der Waals surface area (Å²) in [6, 6.07) is 5.75. The second-order valence-corrected chi connectivity index (χ2v) is 4.54. The third kappa shape index (κ3) is 4.79. The second-order valence-electron chi connectivity index (χ2n) is 4.54. The highest BCUT2D eigenvalue weighted by molar-refractivity contribution is 5.88. The molecule has 1 aromatic carbocycles. The molecule has 5 nitrogen and oxygen atoms in total. The van der Waals surface area contributed by atoms with Gasteiger partial charge in [0.1, 0.15) is 0 Å². The zero-order chi connectivity index (χ0) is 15.8. The molecule has 1 rings (SSSR count). The summed E-state index contributed by atoms with van der Waals surface area (Å²) in [6.45, 7) is 8.21. The van der Waals surface area contributed by atoms with Crippen LogP contribution in [0.5, 0.6) is 11.5 Å². The van der Waals surface area contributed by atoms with Crippen LogP contribution in [0.3, 0.4) is 0 Å². The van der Waals surface area contributed by atoms with E-state index in [1.807, 2.05) is 25.1 Å². The molecule has 1 N–H and O–H groups in total. The minimum Gasteiger partial charge on any atom is -0.493 e. The molecule has 0 aliphatic rings. The molecule has 1 atom stereocenters. The van der Waals surface area contributed by atoms with E-state index in [2.05, 4.69) is 11.9 Å². The highest BCUT2D eigenvalue weighted by Gasteiger charge is 2.12. The molecule has 0 aromatic heterocycles. The molecule has 0 amide bonds. The van der Waals surface area contributed by atoms with Gasteiger partial charge in [0.15, 0.2) is 11.5 Å². The van der Waals surface area contributed by atoms with Gasteiger partial charge in [0.05, 0.1) is 20.8 Å². The van der Waals surface area contributed by atoms with Crippen molar-refractivity contribution in [1.82, 2.24) is 5.32 Å². The molecule has 0 heterocycles. The van der Waals surface area contributed by atoms with Crippen LogP contribution < -0.4 is 14.8 Å². The number of carbonyl (C=O) groups excluding carboxylic acids is 1. The van der Waals surface area contributed by atoms with E-state index in [4.69, 9.17) is 14.2 Å². The van der Waals surface area contributed by atoms with Crippen LogP contribution in [0.4, 0.5) is 0 Å². The Morgan fingerprint density at radius 1 is 1.29 bits per heavy atom. The lowest BCUT2D eigenvalue weighted by Gasteiger charge is -2.17. The Hall–Kier alpha value is -2.01. The van der Waals surface area contributed by atoms with Gasteiger partial charge in [-0.2, -0.15) is 0 Å². The lowest BCUT2D eigenvalue weighted by Crippen LogP contribution is -2.24. The second kappa shape index (κ2) is 8.32. The maximum absolute atomic E-state index is 11.5. The van der Waals surface area contributed by atoms with Crippen LogP contribution in [0.15, 0.2) is 30.4 Å². The zero-order valence-electron chi connectivity index (χ0n) is 13.1. The van der Waals surface area contributed by atoms with Crippen LogP contribution in [0.1, 0.15) is 25.5 Å². The van der Waals surface area contributed by atoms with Gasteiger partial charge in [-0.25, -0.2) is 4.79 Å². The van der Waals surface area contributed by atoms with Crippen molar-refractivity contribution in [2.24, 2.45) is 0 Å². The Morgan fingerprint density at radius 2 is 1.95 bits per heavy atom. The van der Waals surface area contributed by atoms with Gasteiger partial charge in [-0.3, -0.25) is 0 Å². The van der Waals surface area contributed by atoms with Gasteiger partial charge in [0, 0.05) is 18.2 Å². The maximum atomic E-state index is 11.5. The van der Waals surface area contributed by atoms with Crippen LogP contribution in [-0.4, -0.2) is 33.3 Å². The first-order valence-corrected chi connectivity index (χ1v) is 6.83. The van der Waals surface area contributed by atoms with Gasteiger partial charge in [0.25, 0.3) is 0 Å². The van der Waals surface area contributed by atoms with E-state index in [0.29, 0.717) is 30.2 Å². The van der Waals surface area contributed by atoms with Crippen molar-refractivity contribution in [3.05, 3.63) is 35.9 Å². The summed E-state index contributed by atoms with van der Waals surface area (Å²) in [6.07, 6.45) is 0. The van der Waals surface area contributed by atoms with E-state index in [-0.39, 0.29) is 12.0 Å². The molecule has 116 valence electrons. The number of benzene rings is 1. The van der Waals surface area contributed by atoms with Gasteiger partial charge in [0.2, 0.25) is 0 Å². The fraction of sp³-hybridized carbons (Fsp3) is 0.438. The first-order chi connectivity index (χ1) is 10.0. The third-order valence-electron chi connectivity index (χ3n) is 3.09. The van der Waals surface area contributed by atoms with E-state index in [0.717, 1.165) is 5.56 Å². The van der Waals surface area contributed by atoms with Crippen LogP contribution in [0, 0.1) is 0 Å². The summed E-state index contributed by atoms with van der Waals surface area (Å²) in [4.78, 5) is 11.5. The minimum absolute atomic E-state index is 0.0379. The van der Waals surface area contributed by atoms with E-state index in [1.54, 1.807) is 21.1 Å². The normalized spacial score (nSPS) is 11.6. The number of carbonyl (C=O) groups is 1. The number of rotatable bonds is 8. The van der Waals surface area contributed by atoms with Crippen molar-refractivity contribution in [3.8, 4) is 11.5 Å². The smallest absolute Gasteiger partial charge is 0.334 e. The Labute approximate surface area is 125 Å². The molecular formula is C16H23NO4. The molecular weight excluding hydrogens is 270 g/mol. The first kappa shape index (κ1) is 17.0. The van der Waals surface area contributed by atoms with Crippen molar-refractivity contribution in [2.75, 3.05) is 27.4 Å². The molecule has 5 heteroatoms. The number of nitrogens with one attached hydrogen (secondary N) is 1. The van der Waals surface area contributed by atoms with Gasteiger partial charge >= 0.3 is 5.97 Å². The van der Waals surface area contributed by atoms with E-state index in [1.165, 1.54) is 0 Å². The van der Waals surface area contributed by atoms with Gasteiger partial charge in [-0.05, 0) is 31.5 Å². The average Bonchev–Trinajstić information content (AvgIpc) is 2.51. The predicted molar refractivity (Wildman–Crippen MR) is 81.7 cm³/mol. The van der Waals surface area contributed by atoms with Crippen molar-refractivity contribution in [2.45, 2.75) is 19.9 Å². The number of ether oxygens (including phenoxy) is 3. The summed E-state index contributed by atoms with van der Waals surface area (Å²) >= 11 is 0. The number of esters is 1. The number of methoxy groups -OCH3 is 2. The summed E-state index contributed by atoms with van der Waals surface area (Å²) in [5.41, 5.74) is 1.44. The van der Waals surface area contributed by atoms with Crippen LogP contribution in [0.25, 0.3) is 0 Å². The van der Waals surface area contributed by atoms with Crippen molar-refractivity contribution in [1.29, 1.82) is 0 Å². The quantitative estimate of drug-likeness (QED) is 0.589. The minimum atomic E-state index is -0.371. The Bertz CT molecular complexity index is 499. The summed E-state index contributed by atoms with van der Waals surface area (Å²) in [5.74, 6) is 0.988. The molecule has 0 bridgehead atoms. The standard InChI is InChI=1S/C16H23NO4/c1-6-21-16(18)11(2)10-17-12(3)13-7-8-14(19-4)15(9-13)20-5/h7-9,12,17H,2,6,10H2,1,3-5H3. The molecule has 1 unspecified atom stereocenters. The van der Waals surface area contributed by atoms with Crippen molar-refractivity contribution >= 4 is 5.97 Å². The largest absolute Gasteiger partial charge is 0.493 e. The predicted octanol–water partition coefficient (Wildman–Crippen LogP) is 2.47. The van der Waals surface area contributed by atoms with Crippen LogP contribution >= 0.6 is 0 Å². The monoisotopic (exact) mass is 293 g/mol. The van der Waals surface area contributed by atoms with E-state index < -0.39 is 0 Å². The average molecular weight is 293 g/mol. The van der Waals surface area contributed by atoms with Gasteiger partial charge in [-0.1, -0.05) is 12.6 Å². The molecule has 0 aliphatic carbocycles. The van der Waals surface area contributed by atoms with Gasteiger partial charge in [-0.15, -0.1) is 0 Å². The summed E-state index contributed by atoms with van der Waals surface area (Å²) in [5, 5.41) is 3.23. The third-order valence-corrected chi connectivity index (χ3v) is 3.09. The molecule has 1 aromatic rings. The highest BCUT2D eigenvalue weighted by Crippen LogP contribution is 2.29. The molecule has 0 saturated heterocycles. The number of hydrogen-bond acceptors (Lipinski definition) is 5. The van der Waals surface area contributed by atoms with Crippen LogP contribution in [-0.2, 0) is 9.53 Å². The summed E-state index contributed by atoms with van der Waals surface area (Å²) in [7, 11) is 3.20. The Balaban J connectivity index is 2.65. The Kier molecular flexibility index (Phi) is 6.75. The zero-order valence-corrected chi connectivity index (χ0v) is 13.1. The fourth-order valence-electron chi connectivity index (χ4n) is 1.82.